The molecule has 3 heteroatoms. The van der Waals surface area contributed by atoms with Crippen LogP contribution in [0.3, 0.4) is 0 Å². The summed E-state index contributed by atoms with van der Waals surface area (Å²) in [5.74, 6) is 0. The molecule has 0 saturated carbocycles. The van der Waals surface area contributed by atoms with Crippen LogP contribution in [0.4, 0.5) is 17.1 Å². The fraction of sp³-hybridized carbons (Fsp3) is 0.0147. The molecule has 14 rings (SSSR count). The molecule has 1 aliphatic rings. The normalized spacial score (nSPS) is 12.6. The van der Waals surface area contributed by atoms with Crippen LogP contribution in [0.5, 0.6) is 0 Å². The minimum atomic E-state index is -0.486. The van der Waals surface area contributed by atoms with Gasteiger partial charge in [-0.25, -0.2) is 4.98 Å². The lowest BCUT2D eigenvalue weighted by molar-refractivity contribution is 0.769. The number of anilines is 3. The van der Waals surface area contributed by atoms with Crippen LogP contribution < -0.4 is 4.90 Å². The van der Waals surface area contributed by atoms with Gasteiger partial charge in [-0.1, -0.05) is 200 Å². The Morgan fingerprint density at radius 1 is 0.324 bits per heavy atom. The number of para-hydroxylation sites is 4. The third-order valence-electron chi connectivity index (χ3n) is 14.8. The molecule has 2 heterocycles. The fourth-order valence-electron chi connectivity index (χ4n) is 11.7. The van der Waals surface area contributed by atoms with E-state index in [0.29, 0.717) is 0 Å². The van der Waals surface area contributed by atoms with Crippen LogP contribution in [0.1, 0.15) is 22.3 Å². The number of pyridine rings is 1. The van der Waals surface area contributed by atoms with E-state index in [1.807, 2.05) is 0 Å². The average molecular weight is 904 g/mol. The van der Waals surface area contributed by atoms with Gasteiger partial charge in [-0.2, -0.15) is 0 Å². The zero-order valence-electron chi connectivity index (χ0n) is 38.8. The van der Waals surface area contributed by atoms with Gasteiger partial charge in [0.1, 0.15) is 0 Å². The maximum Gasteiger partial charge on any atom is 0.0788 e. The van der Waals surface area contributed by atoms with Crippen molar-refractivity contribution in [1.29, 1.82) is 0 Å². The van der Waals surface area contributed by atoms with Crippen LogP contribution in [-0.4, -0.2) is 9.55 Å². The van der Waals surface area contributed by atoms with Crippen molar-refractivity contribution >= 4 is 60.5 Å². The van der Waals surface area contributed by atoms with Gasteiger partial charge in [-0.15, -0.1) is 0 Å². The van der Waals surface area contributed by atoms with Gasteiger partial charge in [-0.3, -0.25) is 0 Å². The molecule has 0 aliphatic heterocycles. The largest absolute Gasteiger partial charge is 0.310 e. The Kier molecular flexibility index (Phi) is 9.43. The topological polar surface area (TPSA) is 21.1 Å². The van der Waals surface area contributed by atoms with Crippen molar-refractivity contribution in [1.82, 2.24) is 9.55 Å². The standard InChI is InChI=1S/C68H45N3/c1-5-19-49(20-6-1)68(50-21-7-2-8-22-50)62-30-16-13-27-55(62)60-44-61-59(45-63(60)68)56-28-14-17-31-64(56)69-67(61)48-35-33-46(34-36-48)47-37-39-53(40-38-47)70(51-23-9-3-10-24-51)54-41-42-58-57-29-15-18-32-65(57)71(66(58)43-54)52-25-11-4-12-26-52/h1-45H. The zero-order chi connectivity index (χ0) is 46.9. The number of nitrogens with zero attached hydrogens (tertiary/aromatic N) is 3. The predicted molar refractivity (Wildman–Crippen MR) is 296 cm³/mol. The molecule has 0 amide bonds. The summed E-state index contributed by atoms with van der Waals surface area (Å²) in [4.78, 5) is 7.80. The Balaban J connectivity index is 0.867. The van der Waals surface area contributed by atoms with E-state index < -0.39 is 5.41 Å². The third-order valence-corrected chi connectivity index (χ3v) is 14.8. The van der Waals surface area contributed by atoms with E-state index in [1.165, 1.54) is 60.6 Å². The average Bonchev–Trinajstić information content (AvgIpc) is 3.94. The summed E-state index contributed by atoms with van der Waals surface area (Å²) in [5, 5.41) is 5.98. The zero-order valence-corrected chi connectivity index (χ0v) is 38.8. The van der Waals surface area contributed by atoms with Crippen molar-refractivity contribution in [3.05, 3.63) is 295 Å². The third kappa shape index (κ3) is 6.40. The highest BCUT2D eigenvalue weighted by atomic mass is 15.1. The summed E-state index contributed by atoms with van der Waals surface area (Å²) in [6.07, 6.45) is 0. The summed E-state index contributed by atoms with van der Waals surface area (Å²) < 4.78 is 2.38. The summed E-state index contributed by atoms with van der Waals surface area (Å²) in [6, 6.07) is 99.5. The summed E-state index contributed by atoms with van der Waals surface area (Å²) in [7, 11) is 0. The van der Waals surface area contributed by atoms with Crippen molar-refractivity contribution in [2.75, 3.05) is 4.90 Å². The van der Waals surface area contributed by atoms with E-state index in [2.05, 4.69) is 282 Å². The summed E-state index contributed by atoms with van der Waals surface area (Å²) in [5.41, 5.74) is 19.3. The van der Waals surface area contributed by atoms with E-state index in [1.54, 1.807) is 0 Å². The quantitative estimate of drug-likeness (QED) is 0.142. The number of hydrogen-bond donors (Lipinski definition) is 0. The SMILES string of the molecule is c1ccc(N(c2ccc(-c3ccc(-c4nc5ccccc5c5cc6c(cc45)-c4ccccc4C6(c4ccccc4)c4ccccc4)cc3)cc2)c2ccc3c4ccccc4n(-c4ccccc4)c3c2)cc1. The van der Waals surface area contributed by atoms with Crippen LogP contribution in [-0.2, 0) is 5.41 Å². The molecule has 0 bridgehead atoms. The fourth-order valence-corrected chi connectivity index (χ4v) is 11.7. The number of aromatic nitrogens is 2. The van der Waals surface area contributed by atoms with Gasteiger partial charge in [0.2, 0.25) is 0 Å². The Hall–Kier alpha value is -9.31. The van der Waals surface area contributed by atoms with E-state index in [4.69, 9.17) is 4.98 Å². The molecule has 1 aliphatic carbocycles. The van der Waals surface area contributed by atoms with Crippen molar-refractivity contribution in [2.45, 2.75) is 5.41 Å². The van der Waals surface area contributed by atoms with E-state index in [0.717, 1.165) is 61.4 Å². The maximum atomic E-state index is 5.45. The van der Waals surface area contributed by atoms with Gasteiger partial charge >= 0.3 is 0 Å². The highest BCUT2D eigenvalue weighted by Crippen LogP contribution is 2.57. The molecule has 0 unspecified atom stereocenters. The highest BCUT2D eigenvalue weighted by Gasteiger charge is 2.46. The van der Waals surface area contributed by atoms with Crippen LogP contribution in [0.2, 0.25) is 0 Å². The Morgan fingerprint density at radius 3 is 1.58 bits per heavy atom. The lowest BCUT2D eigenvalue weighted by Crippen LogP contribution is -2.28. The van der Waals surface area contributed by atoms with Gasteiger partial charge in [0, 0.05) is 49.9 Å². The molecule has 0 saturated heterocycles. The van der Waals surface area contributed by atoms with Crippen molar-refractivity contribution in [3.63, 3.8) is 0 Å². The lowest BCUT2D eigenvalue weighted by atomic mass is 9.67. The molecular weight excluding hydrogens is 859 g/mol. The second-order valence-electron chi connectivity index (χ2n) is 18.6. The van der Waals surface area contributed by atoms with Crippen LogP contribution in [0, 0.1) is 0 Å². The minimum Gasteiger partial charge on any atom is -0.310 e. The number of hydrogen-bond acceptors (Lipinski definition) is 2. The molecule has 0 radical (unpaired) electrons. The molecule has 332 valence electrons. The van der Waals surface area contributed by atoms with Gasteiger partial charge in [0.25, 0.3) is 0 Å². The maximum absolute atomic E-state index is 5.45. The number of fused-ring (bicyclic) bond motifs is 9. The van der Waals surface area contributed by atoms with Gasteiger partial charge in [0.05, 0.1) is 27.7 Å². The second-order valence-corrected chi connectivity index (χ2v) is 18.6. The van der Waals surface area contributed by atoms with Crippen molar-refractivity contribution in [2.24, 2.45) is 0 Å². The van der Waals surface area contributed by atoms with E-state index in [-0.39, 0.29) is 0 Å². The van der Waals surface area contributed by atoms with Gasteiger partial charge in [0.15, 0.2) is 0 Å². The molecule has 71 heavy (non-hydrogen) atoms. The Bertz CT molecular complexity index is 4090. The summed E-state index contributed by atoms with van der Waals surface area (Å²) in [6.45, 7) is 0. The minimum absolute atomic E-state index is 0.486. The summed E-state index contributed by atoms with van der Waals surface area (Å²) >= 11 is 0. The molecule has 0 spiro atoms. The van der Waals surface area contributed by atoms with E-state index in [9.17, 15) is 0 Å². The lowest BCUT2D eigenvalue weighted by Gasteiger charge is -2.34. The van der Waals surface area contributed by atoms with Crippen molar-refractivity contribution < 1.29 is 0 Å². The predicted octanol–water partition coefficient (Wildman–Crippen LogP) is 17.7. The molecule has 0 atom stereocenters. The van der Waals surface area contributed by atoms with Crippen LogP contribution in [0.25, 0.3) is 82.7 Å². The molecule has 11 aromatic carbocycles. The second kappa shape index (κ2) is 16.4. The molecule has 3 nitrogen and oxygen atoms in total. The molecular formula is C68H45N3. The first-order valence-electron chi connectivity index (χ1n) is 24.4. The highest BCUT2D eigenvalue weighted by molar-refractivity contribution is 6.14. The molecule has 2 aromatic heterocycles. The molecule has 13 aromatic rings. The van der Waals surface area contributed by atoms with Crippen molar-refractivity contribution in [3.8, 4) is 39.2 Å². The first-order valence-corrected chi connectivity index (χ1v) is 24.4. The van der Waals surface area contributed by atoms with Gasteiger partial charge < -0.3 is 9.47 Å². The Morgan fingerprint density at radius 2 is 0.859 bits per heavy atom. The molecule has 0 N–H and O–H groups in total. The smallest absolute Gasteiger partial charge is 0.0788 e. The number of benzene rings is 11. The first-order chi connectivity index (χ1) is 35.2. The first kappa shape index (κ1) is 40.7. The number of rotatable bonds is 8. The monoisotopic (exact) mass is 903 g/mol. The Labute approximate surface area is 412 Å². The van der Waals surface area contributed by atoms with Gasteiger partial charge in [-0.05, 0) is 123 Å². The van der Waals surface area contributed by atoms with E-state index >= 15 is 0 Å². The van der Waals surface area contributed by atoms with Crippen LogP contribution in [0.15, 0.2) is 273 Å². The molecule has 0 fully saturated rings. The van der Waals surface area contributed by atoms with Crippen LogP contribution >= 0.6 is 0 Å².